The van der Waals surface area contributed by atoms with Crippen LogP contribution in [-0.2, 0) is 0 Å². The first-order chi connectivity index (χ1) is 8.76. The summed E-state index contributed by atoms with van der Waals surface area (Å²) >= 11 is 0. The van der Waals surface area contributed by atoms with Crippen molar-refractivity contribution >= 4 is 5.96 Å². The van der Waals surface area contributed by atoms with Crippen LogP contribution in [0.4, 0.5) is 0 Å². The van der Waals surface area contributed by atoms with Gasteiger partial charge in [-0.25, -0.2) is 0 Å². The van der Waals surface area contributed by atoms with E-state index >= 15 is 0 Å². The molecule has 1 aliphatic heterocycles. The first kappa shape index (κ1) is 15.3. The molecule has 2 N–H and O–H groups in total. The summed E-state index contributed by atoms with van der Waals surface area (Å²) in [7, 11) is 0. The third-order valence-corrected chi connectivity index (χ3v) is 3.22. The standard InChI is InChI=1S/C14H30N4/c1-4-8-16-14(15-5-2)17-11-13(3)12-18-9-6-7-10-18/h13H,4-12H2,1-3H3,(H2,15,16,17). The lowest BCUT2D eigenvalue weighted by Crippen LogP contribution is -2.38. The minimum absolute atomic E-state index is 0.639. The van der Waals surface area contributed by atoms with Crippen LogP contribution in [-0.4, -0.2) is 50.1 Å². The molecular formula is C14H30N4. The molecular weight excluding hydrogens is 224 g/mol. The van der Waals surface area contributed by atoms with Gasteiger partial charge in [-0.15, -0.1) is 0 Å². The Balaban J connectivity index is 2.27. The van der Waals surface area contributed by atoms with Gasteiger partial charge < -0.3 is 15.5 Å². The quantitative estimate of drug-likeness (QED) is 0.536. The van der Waals surface area contributed by atoms with Crippen LogP contribution in [0.15, 0.2) is 4.99 Å². The van der Waals surface area contributed by atoms with Crippen LogP contribution in [0.5, 0.6) is 0 Å². The van der Waals surface area contributed by atoms with E-state index in [9.17, 15) is 0 Å². The molecule has 4 heteroatoms. The number of guanidine groups is 1. The average molecular weight is 254 g/mol. The van der Waals surface area contributed by atoms with Crippen molar-refractivity contribution in [1.29, 1.82) is 0 Å². The SMILES string of the molecule is CCCNC(=NCC(C)CN1CCCC1)NCC. The first-order valence-corrected chi connectivity index (χ1v) is 7.50. The summed E-state index contributed by atoms with van der Waals surface area (Å²) in [5, 5.41) is 6.64. The Hall–Kier alpha value is -0.770. The molecule has 1 atom stereocenters. The van der Waals surface area contributed by atoms with E-state index in [0.717, 1.165) is 32.0 Å². The van der Waals surface area contributed by atoms with E-state index in [0.29, 0.717) is 5.92 Å². The highest BCUT2D eigenvalue weighted by Crippen LogP contribution is 2.10. The Morgan fingerprint density at radius 2 is 1.94 bits per heavy atom. The molecule has 0 bridgehead atoms. The van der Waals surface area contributed by atoms with Gasteiger partial charge in [-0.05, 0) is 45.2 Å². The Kier molecular flexibility index (Phi) is 7.81. The monoisotopic (exact) mass is 254 g/mol. The van der Waals surface area contributed by atoms with Gasteiger partial charge in [0.25, 0.3) is 0 Å². The Morgan fingerprint density at radius 1 is 1.22 bits per heavy atom. The lowest BCUT2D eigenvalue weighted by Gasteiger charge is -2.19. The van der Waals surface area contributed by atoms with Crippen LogP contribution >= 0.6 is 0 Å². The molecule has 0 radical (unpaired) electrons. The molecule has 1 heterocycles. The van der Waals surface area contributed by atoms with Crippen molar-refractivity contribution in [2.75, 3.05) is 39.3 Å². The summed E-state index contributed by atoms with van der Waals surface area (Å²) in [6, 6.07) is 0. The van der Waals surface area contributed by atoms with Crippen molar-refractivity contribution < 1.29 is 0 Å². The van der Waals surface area contributed by atoms with Gasteiger partial charge in [-0.2, -0.15) is 0 Å². The number of rotatable bonds is 7. The molecule has 1 fully saturated rings. The van der Waals surface area contributed by atoms with Crippen LogP contribution in [0, 0.1) is 5.92 Å². The molecule has 4 nitrogen and oxygen atoms in total. The molecule has 18 heavy (non-hydrogen) atoms. The number of nitrogens with one attached hydrogen (secondary N) is 2. The normalized spacial score (nSPS) is 18.9. The summed E-state index contributed by atoms with van der Waals surface area (Å²) in [6.07, 6.45) is 3.88. The zero-order valence-corrected chi connectivity index (χ0v) is 12.3. The van der Waals surface area contributed by atoms with Gasteiger partial charge in [0.1, 0.15) is 0 Å². The first-order valence-electron chi connectivity index (χ1n) is 7.50. The van der Waals surface area contributed by atoms with Gasteiger partial charge in [0, 0.05) is 26.2 Å². The second-order valence-electron chi connectivity index (χ2n) is 5.26. The molecule has 0 saturated carbocycles. The molecule has 0 aromatic rings. The van der Waals surface area contributed by atoms with Crippen molar-refractivity contribution in [3.8, 4) is 0 Å². The third-order valence-electron chi connectivity index (χ3n) is 3.22. The van der Waals surface area contributed by atoms with E-state index in [1.54, 1.807) is 0 Å². The van der Waals surface area contributed by atoms with Crippen LogP contribution in [0.2, 0.25) is 0 Å². The molecule has 1 rings (SSSR count). The molecule has 0 aromatic carbocycles. The average Bonchev–Trinajstić information content (AvgIpc) is 2.85. The zero-order valence-electron chi connectivity index (χ0n) is 12.3. The molecule has 0 amide bonds. The number of aliphatic imine (C=N–C) groups is 1. The van der Waals surface area contributed by atoms with Gasteiger partial charge in [0.05, 0.1) is 0 Å². The van der Waals surface area contributed by atoms with Crippen molar-refractivity contribution in [2.24, 2.45) is 10.9 Å². The summed E-state index contributed by atoms with van der Waals surface area (Å²) in [5.74, 6) is 1.60. The predicted octanol–water partition coefficient (Wildman–Crippen LogP) is 1.68. The van der Waals surface area contributed by atoms with Crippen LogP contribution in [0.1, 0.15) is 40.0 Å². The summed E-state index contributed by atoms with van der Waals surface area (Å²) in [6.45, 7) is 13.2. The molecule has 106 valence electrons. The molecule has 0 spiro atoms. The number of likely N-dealkylation sites (tertiary alicyclic amines) is 1. The molecule has 0 aliphatic carbocycles. The number of hydrogen-bond acceptors (Lipinski definition) is 2. The Morgan fingerprint density at radius 3 is 2.56 bits per heavy atom. The van der Waals surface area contributed by atoms with E-state index < -0.39 is 0 Å². The van der Waals surface area contributed by atoms with Gasteiger partial charge in [-0.3, -0.25) is 4.99 Å². The highest BCUT2D eigenvalue weighted by Gasteiger charge is 2.14. The fourth-order valence-corrected chi connectivity index (χ4v) is 2.30. The third kappa shape index (κ3) is 6.24. The number of nitrogens with zero attached hydrogens (tertiary/aromatic N) is 2. The summed E-state index contributed by atoms with van der Waals surface area (Å²) < 4.78 is 0. The maximum absolute atomic E-state index is 4.66. The van der Waals surface area contributed by atoms with Crippen molar-refractivity contribution in [1.82, 2.24) is 15.5 Å². The molecule has 1 saturated heterocycles. The summed E-state index contributed by atoms with van der Waals surface area (Å²) in [5.41, 5.74) is 0. The minimum atomic E-state index is 0.639. The van der Waals surface area contributed by atoms with Gasteiger partial charge >= 0.3 is 0 Å². The topological polar surface area (TPSA) is 39.7 Å². The maximum atomic E-state index is 4.66. The Labute approximate surface area is 112 Å². The van der Waals surface area contributed by atoms with E-state index in [-0.39, 0.29) is 0 Å². The van der Waals surface area contributed by atoms with Crippen molar-refractivity contribution in [3.63, 3.8) is 0 Å². The van der Waals surface area contributed by atoms with E-state index in [1.807, 2.05) is 0 Å². The highest BCUT2D eigenvalue weighted by molar-refractivity contribution is 5.79. The largest absolute Gasteiger partial charge is 0.357 e. The molecule has 1 unspecified atom stereocenters. The van der Waals surface area contributed by atoms with Crippen molar-refractivity contribution in [2.45, 2.75) is 40.0 Å². The fourth-order valence-electron chi connectivity index (χ4n) is 2.30. The zero-order chi connectivity index (χ0) is 13.2. The van der Waals surface area contributed by atoms with Crippen LogP contribution in [0.25, 0.3) is 0 Å². The van der Waals surface area contributed by atoms with Crippen LogP contribution < -0.4 is 10.6 Å². The molecule has 0 aromatic heterocycles. The molecule has 1 aliphatic rings. The summed E-state index contributed by atoms with van der Waals surface area (Å²) in [4.78, 5) is 7.22. The smallest absolute Gasteiger partial charge is 0.191 e. The van der Waals surface area contributed by atoms with Crippen molar-refractivity contribution in [3.05, 3.63) is 0 Å². The van der Waals surface area contributed by atoms with Crippen LogP contribution in [0.3, 0.4) is 0 Å². The van der Waals surface area contributed by atoms with E-state index in [4.69, 9.17) is 0 Å². The van der Waals surface area contributed by atoms with E-state index in [1.165, 1.54) is 32.5 Å². The number of hydrogen-bond donors (Lipinski definition) is 2. The second-order valence-corrected chi connectivity index (χ2v) is 5.26. The lowest BCUT2D eigenvalue weighted by molar-refractivity contribution is 0.291. The maximum Gasteiger partial charge on any atom is 0.191 e. The van der Waals surface area contributed by atoms with E-state index in [2.05, 4.69) is 41.3 Å². The second kappa shape index (κ2) is 9.20. The highest BCUT2D eigenvalue weighted by atomic mass is 15.2. The Bertz CT molecular complexity index is 234. The lowest BCUT2D eigenvalue weighted by atomic mass is 10.2. The van der Waals surface area contributed by atoms with Gasteiger partial charge in [0.15, 0.2) is 5.96 Å². The fraction of sp³-hybridized carbons (Fsp3) is 0.929. The minimum Gasteiger partial charge on any atom is -0.357 e. The van der Waals surface area contributed by atoms with Gasteiger partial charge in [0.2, 0.25) is 0 Å². The van der Waals surface area contributed by atoms with Gasteiger partial charge in [-0.1, -0.05) is 13.8 Å². The predicted molar refractivity (Wildman–Crippen MR) is 79.1 cm³/mol.